The first-order valence-corrected chi connectivity index (χ1v) is 3.51. The maximum Gasteiger partial charge on any atom is 0.673 e. The van der Waals surface area contributed by atoms with E-state index in [4.69, 9.17) is 10.8 Å². The van der Waals surface area contributed by atoms with E-state index in [1.165, 1.54) is 0 Å². The van der Waals surface area contributed by atoms with Crippen molar-refractivity contribution in [1.82, 2.24) is 0 Å². The van der Waals surface area contributed by atoms with Crippen molar-refractivity contribution in [2.45, 2.75) is 0 Å². The third kappa shape index (κ3) is 36.5. The first-order chi connectivity index (χ1) is 5.50. The third-order valence-electron chi connectivity index (χ3n) is 0.425. The molecule has 0 saturated carbocycles. The number of thiophene rings is 1. The highest BCUT2D eigenvalue weighted by Gasteiger charge is 2.20. The lowest BCUT2D eigenvalue weighted by Crippen LogP contribution is -2.11. The fraction of sp³-hybridized carbons (Fsp3) is 0. The van der Waals surface area contributed by atoms with Gasteiger partial charge in [0.1, 0.15) is 0 Å². The predicted octanol–water partition coefficient (Wildman–Crippen LogP) is 1.33. The van der Waals surface area contributed by atoms with Gasteiger partial charge >= 0.3 is 7.25 Å². The summed E-state index contributed by atoms with van der Waals surface area (Å²) < 4.78 is 39.0. The summed E-state index contributed by atoms with van der Waals surface area (Å²) in [7, 11) is -6.00. The smallest absolute Gasteiger partial charge is 0.418 e. The summed E-state index contributed by atoms with van der Waals surface area (Å²) in [4.78, 5) is 0. The van der Waals surface area contributed by atoms with Crippen molar-refractivity contribution in [3.63, 3.8) is 0 Å². The molecule has 0 aliphatic carbocycles. The highest BCUT2D eigenvalue weighted by atomic mass is 32.1. The fourth-order valence-corrected chi connectivity index (χ4v) is 0.680. The molecule has 0 radical (unpaired) electrons. The Labute approximate surface area is 70.4 Å². The molecule has 1 heterocycles. The van der Waals surface area contributed by atoms with Gasteiger partial charge in [0.25, 0.3) is 0 Å². The molecule has 0 fully saturated rings. The van der Waals surface area contributed by atoms with E-state index in [-0.39, 0.29) is 0 Å². The molecule has 1 N–H and O–H groups in total. The lowest BCUT2D eigenvalue weighted by Gasteiger charge is -1.94. The maximum atomic E-state index is 9.75. The van der Waals surface area contributed by atoms with E-state index >= 15 is 0 Å². The minimum absolute atomic E-state index is 1.71. The summed E-state index contributed by atoms with van der Waals surface area (Å²) in [5.74, 6) is 0. The largest absolute Gasteiger partial charge is 0.673 e. The molecular weight excluding hydrogens is 195 g/mol. The summed E-state index contributed by atoms with van der Waals surface area (Å²) in [6, 6.07) is 4.04. The van der Waals surface area contributed by atoms with Crippen LogP contribution in [0.4, 0.5) is 17.3 Å². The van der Waals surface area contributed by atoms with Gasteiger partial charge in [0.15, 0.2) is 0 Å². The molecule has 0 spiro atoms. The zero-order chi connectivity index (χ0) is 10.0. The van der Waals surface area contributed by atoms with Crippen molar-refractivity contribution in [3.05, 3.63) is 22.9 Å². The molecule has 1 aromatic heterocycles. The normalized spacial score (nSPS) is 8.50. The van der Waals surface area contributed by atoms with Crippen LogP contribution in [0.5, 0.6) is 0 Å². The van der Waals surface area contributed by atoms with Crippen molar-refractivity contribution < 1.29 is 22.7 Å². The molecule has 1 rings (SSSR count). The molecular formula is C4H5BF4N2S. The van der Waals surface area contributed by atoms with E-state index in [0.717, 1.165) is 0 Å². The van der Waals surface area contributed by atoms with Gasteiger partial charge in [-0.1, -0.05) is 12.1 Å². The van der Waals surface area contributed by atoms with Crippen LogP contribution in [0.15, 0.2) is 22.9 Å². The van der Waals surface area contributed by atoms with E-state index in [0.29, 0.717) is 0 Å². The van der Waals surface area contributed by atoms with Crippen LogP contribution in [0.25, 0.3) is 0 Å². The van der Waals surface area contributed by atoms with Gasteiger partial charge < -0.3 is 17.3 Å². The minimum atomic E-state index is -6.00. The molecule has 68 valence electrons. The average molecular weight is 200 g/mol. The van der Waals surface area contributed by atoms with Gasteiger partial charge in [0.2, 0.25) is 5.39 Å². The Morgan fingerprint density at radius 3 is 1.33 bits per heavy atom. The second kappa shape index (κ2) is 8.01. The first-order valence-electron chi connectivity index (χ1n) is 2.57. The Bertz CT molecular complexity index is 161. The molecule has 1 aromatic rings. The molecule has 0 aliphatic rings. The summed E-state index contributed by atoms with van der Waals surface area (Å²) in [6.45, 7) is 0. The van der Waals surface area contributed by atoms with Gasteiger partial charge in [-0.25, -0.2) is 0 Å². The van der Waals surface area contributed by atoms with Crippen LogP contribution < -0.4 is 5.39 Å². The number of nitrogens with zero attached hydrogens (tertiary/aromatic N) is 1. The molecule has 0 aliphatic heterocycles. The second-order valence-corrected chi connectivity index (χ2v) is 2.10. The summed E-state index contributed by atoms with van der Waals surface area (Å²) in [5, 5.41) is 15.1. The van der Waals surface area contributed by atoms with E-state index in [1.54, 1.807) is 11.3 Å². The topological polar surface area (TPSA) is 47.6 Å². The van der Waals surface area contributed by atoms with Crippen molar-refractivity contribution in [2.24, 2.45) is 0 Å². The van der Waals surface area contributed by atoms with E-state index in [1.807, 2.05) is 22.9 Å². The van der Waals surface area contributed by atoms with Gasteiger partial charge in [-0.3, -0.25) is 0 Å². The number of halogens is 4. The maximum absolute atomic E-state index is 9.75. The lowest BCUT2D eigenvalue weighted by atomic mass is 10.3. The molecule has 0 saturated heterocycles. The van der Waals surface area contributed by atoms with E-state index in [9.17, 15) is 17.3 Å². The van der Waals surface area contributed by atoms with Crippen LogP contribution in [0.1, 0.15) is 0 Å². The molecule has 0 aromatic carbocycles. The van der Waals surface area contributed by atoms with Gasteiger partial charge in [-0.05, 0) is 10.8 Å². The number of hydrogen-bond acceptors (Lipinski definition) is 2. The number of rotatable bonds is 0. The number of nitrogens with one attached hydrogen (secondary N) is 1. The van der Waals surface area contributed by atoms with Crippen molar-refractivity contribution >= 4 is 18.6 Å². The van der Waals surface area contributed by atoms with E-state index < -0.39 is 7.25 Å². The Kier molecular flexibility index (Phi) is 9.00. The Hall–Kier alpha value is -1.10. The molecule has 8 heteroatoms. The minimum Gasteiger partial charge on any atom is -0.418 e. The summed E-state index contributed by atoms with van der Waals surface area (Å²) >= 11 is 1.71. The van der Waals surface area contributed by atoms with Crippen LogP contribution in [-0.4, -0.2) is 7.25 Å². The van der Waals surface area contributed by atoms with Crippen LogP contribution in [0.2, 0.25) is 0 Å². The Morgan fingerprint density at radius 2 is 1.25 bits per heavy atom. The van der Waals surface area contributed by atoms with E-state index in [2.05, 4.69) is 0 Å². The van der Waals surface area contributed by atoms with Gasteiger partial charge in [0.05, 0.1) is 5.39 Å². The number of diazo groups is 1. The molecule has 0 bridgehead atoms. The second-order valence-electron chi connectivity index (χ2n) is 1.29. The molecule has 12 heavy (non-hydrogen) atoms. The first kappa shape index (κ1) is 13.5. The highest BCUT2D eigenvalue weighted by molar-refractivity contribution is 7.07. The third-order valence-corrected chi connectivity index (χ3v) is 1.05. The molecule has 0 amide bonds. The van der Waals surface area contributed by atoms with Gasteiger partial charge in [-0.15, -0.1) is 0 Å². The van der Waals surface area contributed by atoms with Crippen LogP contribution >= 0.6 is 11.3 Å². The Balaban J connectivity index is 0. The monoisotopic (exact) mass is 200 g/mol. The SMILES string of the molecule is F[B-](F)(F)F.N#[NH+].c1ccsc1. The number of hydrogen-bond donors (Lipinski definition) is 1. The zero-order valence-electron chi connectivity index (χ0n) is 5.75. The molecule has 0 unspecified atom stereocenters. The standard InChI is InChI=1S/C4H4S.BF4.N2/c1-2-4-5-3-1;2-1(3,4)5;1-2/h1-4H;;/q;-1;/p+1. The van der Waals surface area contributed by atoms with Crippen molar-refractivity contribution in [1.29, 1.82) is 5.39 Å². The Morgan fingerprint density at radius 1 is 1.00 bits per heavy atom. The quantitative estimate of drug-likeness (QED) is 0.383. The van der Waals surface area contributed by atoms with Crippen LogP contribution in [0.3, 0.4) is 0 Å². The van der Waals surface area contributed by atoms with Gasteiger partial charge in [0, 0.05) is 0 Å². The lowest BCUT2D eigenvalue weighted by molar-refractivity contribution is -0.175. The molecule has 0 atom stereocenters. The fourth-order valence-electron chi connectivity index (χ4n) is 0.227. The zero-order valence-corrected chi connectivity index (χ0v) is 6.57. The van der Waals surface area contributed by atoms with Gasteiger partial charge in [-0.2, -0.15) is 11.3 Å². The van der Waals surface area contributed by atoms with Crippen molar-refractivity contribution in [3.8, 4) is 0 Å². The predicted molar refractivity (Wildman–Crippen MR) is 37.2 cm³/mol. The average Bonchev–Trinajstić information content (AvgIpc) is 2.41. The van der Waals surface area contributed by atoms with Crippen LogP contribution in [-0.2, 0) is 0 Å². The van der Waals surface area contributed by atoms with Crippen molar-refractivity contribution in [2.75, 3.05) is 0 Å². The molecule has 2 nitrogen and oxygen atoms in total. The summed E-state index contributed by atoms with van der Waals surface area (Å²) in [5.41, 5.74) is 0. The highest BCUT2D eigenvalue weighted by Crippen LogP contribution is 2.06. The van der Waals surface area contributed by atoms with Crippen LogP contribution in [0, 0.1) is 5.39 Å². The summed E-state index contributed by atoms with van der Waals surface area (Å²) in [6.07, 6.45) is 0.